The van der Waals surface area contributed by atoms with Gasteiger partial charge in [0.2, 0.25) is 0 Å². The van der Waals surface area contributed by atoms with E-state index in [2.05, 4.69) is 37.4 Å². The Hall–Kier alpha value is -1.61. The summed E-state index contributed by atoms with van der Waals surface area (Å²) >= 11 is 0. The molecule has 1 atom stereocenters. The van der Waals surface area contributed by atoms with E-state index in [1.807, 2.05) is 11.6 Å². The van der Waals surface area contributed by atoms with Gasteiger partial charge in [-0.1, -0.05) is 12.1 Å². The molecule has 1 aliphatic heterocycles. The number of hydrogen-bond acceptors (Lipinski definition) is 2. The van der Waals surface area contributed by atoms with E-state index in [1.165, 1.54) is 10.9 Å². The lowest BCUT2D eigenvalue weighted by Gasteiger charge is -2.16. The monoisotopic (exact) mass is 256 g/mol. The van der Waals surface area contributed by atoms with Crippen LogP contribution in [0.1, 0.15) is 35.6 Å². The zero-order chi connectivity index (χ0) is 13.6. The van der Waals surface area contributed by atoms with Crippen LogP contribution in [0.15, 0.2) is 23.0 Å². The Morgan fingerprint density at radius 2 is 2.00 bits per heavy atom. The molecule has 100 valence electrons. The van der Waals surface area contributed by atoms with Crippen LogP contribution in [0.25, 0.3) is 10.9 Å². The van der Waals surface area contributed by atoms with Gasteiger partial charge >= 0.3 is 0 Å². The van der Waals surface area contributed by atoms with Crippen LogP contribution < -0.4 is 10.9 Å². The first kappa shape index (κ1) is 12.4. The predicted octanol–water partition coefficient (Wildman–Crippen LogP) is 2.58. The molecule has 3 rings (SSSR count). The third kappa shape index (κ3) is 1.89. The minimum Gasteiger partial charge on any atom is -0.311 e. The van der Waals surface area contributed by atoms with Crippen LogP contribution in [-0.4, -0.2) is 11.1 Å². The third-order valence-electron chi connectivity index (χ3n) is 4.26. The molecule has 0 saturated carbocycles. The molecule has 19 heavy (non-hydrogen) atoms. The Bertz CT molecular complexity index is 694. The second-order valence-corrected chi connectivity index (χ2v) is 5.57. The van der Waals surface area contributed by atoms with E-state index in [0.29, 0.717) is 0 Å². The number of nitrogens with one attached hydrogen (secondary N) is 1. The van der Waals surface area contributed by atoms with Crippen molar-refractivity contribution in [3.63, 3.8) is 0 Å². The maximum Gasteiger partial charge on any atom is 0.255 e. The lowest BCUT2D eigenvalue weighted by atomic mass is 10.00. The van der Waals surface area contributed by atoms with Crippen molar-refractivity contribution in [3.05, 3.63) is 45.2 Å². The first-order chi connectivity index (χ1) is 9.09. The number of hydrogen-bond donors (Lipinski definition) is 1. The number of benzene rings is 1. The average Bonchev–Trinajstić information content (AvgIpc) is 2.91. The quantitative estimate of drug-likeness (QED) is 0.851. The Kier molecular flexibility index (Phi) is 2.94. The summed E-state index contributed by atoms with van der Waals surface area (Å²) in [5.74, 6) is 0. The summed E-state index contributed by atoms with van der Waals surface area (Å²) in [5, 5.41) is 4.63. The van der Waals surface area contributed by atoms with E-state index < -0.39 is 0 Å². The predicted molar refractivity (Wildman–Crippen MR) is 78.6 cm³/mol. The molecule has 3 heteroatoms. The van der Waals surface area contributed by atoms with Crippen LogP contribution in [0.4, 0.5) is 0 Å². The number of pyridine rings is 1. The van der Waals surface area contributed by atoms with Gasteiger partial charge in [0.15, 0.2) is 0 Å². The van der Waals surface area contributed by atoms with Crippen LogP contribution in [0.5, 0.6) is 0 Å². The van der Waals surface area contributed by atoms with E-state index in [-0.39, 0.29) is 11.6 Å². The lowest BCUT2D eigenvalue weighted by molar-refractivity contribution is 0.633. The van der Waals surface area contributed by atoms with Crippen molar-refractivity contribution in [2.45, 2.75) is 32.7 Å². The summed E-state index contributed by atoms with van der Waals surface area (Å²) < 4.78 is 1.81. The molecule has 1 fully saturated rings. The van der Waals surface area contributed by atoms with Gasteiger partial charge in [-0.25, -0.2) is 0 Å². The SMILES string of the molecule is Cc1ccc(C)c2c1cc(C1CCCN1)c(=O)n2C. The normalized spacial score (nSPS) is 19.2. The number of nitrogens with zero attached hydrogens (tertiary/aromatic N) is 1. The average molecular weight is 256 g/mol. The summed E-state index contributed by atoms with van der Waals surface area (Å²) in [6.45, 7) is 5.19. The Labute approximate surface area is 113 Å². The summed E-state index contributed by atoms with van der Waals surface area (Å²) in [5.41, 5.74) is 4.51. The van der Waals surface area contributed by atoms with Crippen LogP contribution in [0, 0.1) is 13.8 Å². The highest BCUT2D eigenvalue weighted by Crippen LogP contribution is 2.26. The molecule has 2 aromatic rings. The van der Waals surface area contributed by atoms with Crippen molar-refractivity contribution in [1.29, 1.82) is 0 Å². The van der Waals surface area contributed by atoms with Gasteiger partial charge in [-0.05, 0) is 50.4 Å². The van der Waals surface area contributed by atoms with Crippen molar-refractivity contribution in [2.24, 2.45) is 7.05 Å². The van der Waals surface area contributed by atoms with E-state index in [9.17, 15) is 4.79 Å². The largest absolute Gasteiger partial charge is 0.311 e. The molecule has 0 aliphatic carbocycles. The Morgan fingerprint density at radius 1 is 1.26 bits per heavy atom. The molecule has 0 bridgehead atoms. The topological polar surface area (TPSA) is 34.0 Å². The van der Waals surface area contributed by atoms with Gasteiger partial charge < -0.3 is 9.88 Å². The Morgan fingerprint density at radius 3 is 2.68 bits per heavy atom. The molecule has 0 radical (unpaired) electrons. The van der Waals surface area contributed by atoms with Gasteiger partial charge in [0.25, 0.3) is 5.56 Å². The zero-order valence-electron chi connectivity index (χ0n) is 11.8. The summed E-state index contributed by atoms with van der Waals surface area (Å²) in [4.78, 5) is 12.6. The molecule has 1 aromatic heterocycles. The van der Waals surface area contributed by atoms with Crippen LogP contribution in [0.2, 0.25) is 0 Å². The van der Waals surface area contributed by atoms with Gasteiger partial charge in [0, 0.05) is 24.0 Å². The highest BCUT2D eigenvalue weighted by molar-refractivity contribution is 5.86. The molecule has 1 saturated heterocycles. The van der Waals surface area contributed by atoms with Gasteiger partial charge in [-0.15, -0.1) is 0 Å². The van der Waals surface area contributed by atoms with E-state index in [4.69, 9.17) is 0 Å². The fourth-order valence-electron chi connectivity index (χ4n) is 3.16. The first-order valence-corrected chi connectivity index (χ1v) is 6.93. The maximum atomic E-state index is 12.6. The summed E-state index contributed by atoms with van der Waals surface area (Å²) in [6, 6.07) is 6.55. The molecule has 1 aromatic carbocycles. The second-order valence-electron chi connectivity index (χ2n) is 5.57. The van der Waals surface area contributed by atoms with Gasteiger partial charge in [0.05, 0.1) is 5.52 Å². The Balaban J connectivity index is 2.34. The highest BCUT2D eigenvalue weighted by atomic mass is 16.1. The number of aryl methyl sites for hydroxylation is 3. The second kappa shape index (κ2) is 4.49. The molecule has 0 spiro atoms. The van der Waals surface area contributed by atoms with Gasteiger partial charge in [-0.3, -0.25) is 4.79 Å². The van der Waals surface area contributed by atoms with Crippen molar-refractivity contribution in [1.82, 2.24) is 9.88 Å². The minimum absolute atomic E-state index is 0.139. The molecular formula is C16H20N2O. The van der Waals surface area contributed by atoms with Crippen molar-refractivity contribution >= 4 is 10.9 Å². The fraction of sp³-hybridized carbons (Fsp3) is 0.438. The van der Waals surface area contributed by atoms with Crippen LogP contribution >= 0.6 is 0 Å². The smallest absolute Gasteiger partial charge is 0.255 e. The first-order valence-electron chi connectivity index (χ1n) is 6.93. The van der Waals surface area contributed by atoms with Gasteiger partial charge in [-0.2, -0.15) is 0 Å². The molecule has 2 heterocycles. The third-order valence-corrected chi connectivity index (χ3v) is 4.26. The molecule has 1 aliphatic rings. The van der Waals surface area contributed by atoms with E-state index in [0.717, 1.165) is 36.0 Å². The number of rotatable bonds is 1. The summed E-state index contributed by atoms with van der Waals surface area (Å²) in [7, 11) is 1.88. The fourth-order valence-corrected chi connectivity index (χ4v) is 3.16. The molecule has 1 unspecified atom stereocenters. The molecule has 1 N–H and O–H groups in total. The van der Waals surface area contributed by atoms with Crippen molar-refractivity contribution in [3.8, 4) is 0 Å². The zero-order valence-corrected chi connectivity index (χ0v) is 11.8. The van der Waals surface area contributed by atoms with Gasteiger partial charge in [0.1, 0.15) is 0 Å². The van der Waals surface area contributed by atoms with Crippen LogP contribution in [-0.2, 0) is 7.05 Å². The van der Waals surface area contributed by atoms with E-state index >= 15 is 0 Å². The van der Waals surface area contributed by atoms with E-state index in [1.54, 1.807) is 0 Å². The number of aromatic nitrogens is 1. The van der Waals surface area contributed by atoms with Crippen molar-refractivity contribution < 1.29 is 0 Å². The molecule has 0 amide bonds. The number of fused-ring (bicyclic) bond motifs is 1. The highest BCUT2D eigenvalue weighted by Gasteiger charge is 2.21. The maximum absolute atomic E-state index is 12.6. The standard InChI is InChI=1S/C16H20N2O/c1-10-6-7-11(2)15-12(10)9-13(16(19)18(15)3)14-5-4-8-17-14/h6-7,9,14,17H,4-5,8H2,1-3H3. The molecular weight excluding hydrogens is 236 g/mol. The lowest BCUT2D eigenvalue weighted by Crippen LogP contribution is -2.27. The molecule has 3 nitrogen and oxygen atoms in total. The minimum atomic E-state index is 0.139. The summed E-state index contributed by atoms with van der Waals surface area (Å²) in [6.07, 6.45) is 2.21. The van der Waals surface area contributed by atoms with Crippen LogP contribution in [0.3, 0.4) is 0 Å². The van der Waals surface area contributed by atoms with Crippen molar-refractivity contribution in [2.75, 3.05) is 6.54 Å².